The molecule has 0 radical (unpaired) electrons. The molecule has 0 spiro atoms. The highest BCUT2D eigenvalue weighted by atomic mass is 79.9. The van der Waals surface area contributed by atoms with Crippen molar-refractivity contribution in [3.63, 3.8) is 0 Å². The van der Waals surface area contributed by atoms with Crippen molar-refractivity contribution in [2.24, 2.45) is 5.73 Å². The highest BCUT2D eigenvalue weighted by molar-refractivity contribution is 9.10. The largest absolute Gasteiger partial charge is 0.496 e. The topological polar surface area (TPSA) is 35.2 Å². The fourth-order valence-corrected chi connectivity index (χ4v) is 2.63. The van der Waals surface area contributed by atoms with E-state index >= 15 is 0 Å². The van der Waals surface area contributed by atoms with Gasteiger partial charge < -0.3 is 10.5 Å². The minimum absolute atomic E-state index is 0.318. The number of benzene rings is 2. The lowest BCUT2D eigenvalue weighted by Gasteiger charge is -2.16. The number of hydrogen-bond donors (Lipinski definition) is 1. The van der Waals surface area contributed by atoms with Gasteiger partial charge in [0, 0.05) is 21.1 Å². The van der Waals surface area contributed by atoms with Gasteiger partial charge in [-0.3, -0.25) is 0 Å². The monoisotopic (exact) mass is 357 g/mol. The molecule has 1 unspecified atom stereocenters. The van der Waals surface area contributed by atoms with Crippen molar-refractivity contribution >= 4 is 27.5 Å². The molecule has 0 bridgehead atoms. The lowest BCUT2D eigenvalue weighted by molar-refractivity contribution is 0.408. The average molecular weight is 359 g/mol. The maximum atomic E-state index is 13.8. The lowest BCUT2D eigenvalue weighted by Crippen LogP contribution is -2.15. The molecule has 0 saturated heterocycles. The maximum absolute atomic E-state index is 13.8. The number of hydrogen-bond acceptors (Lipinski definition) is 2. The van der Waals surface area contributed by atoms with Gasteiger partial charge in [0.05, 0.1) is 7.11 Å². The molecular formula is C15H14BrClFNO. The summed E-state index contributed by atoms with van der Waals surface area (Å²) in [7, 11) is 1.58. The van der Waals surface area contributed by atoms with Crippen molar-refractivity contribution in [1.82, 2.24) is 0 Å². The van der Waals surface area contributed by atoms with E-state index in [1.807, 2.05) is 0 Å². The molecule has 2 aromatic carbocycles. The molecule has 106 valence electrons. The first-order valence-electron chi connectivity index (χ1n) is 6.04. The maximum Gasteiger partial charge on any atom is 0.128 e. The number of ether oxygens (including phenoxy) is 1. The number of methoxy groups -OCH3 is 1. The van der Waals surface area contributed by atoms with Gasteiger partial charge in [-0.05, 0) is 48.4 Å². The van der Waals surface area contributed by atoms with E-state index in [4.69, 9.17) is 22.1 Å². The van der Waals surface area contributed by atoms with E-state index in [1.165, 1.54) is 6.07 Å². The van der Waals surface area contributed by atoms with E-state index < -0.39 is 6.04 Å². The molecule has 2 rings (SSSR count). The molecule has 0 aliphatic heterocycles. The zero-order valence-electron chi connectivity index (χ0n) is 10.9. The Labute approximate surface area is 130 Å². The van der Waals surface area contributed by atoms with Crippen LogP contribution in [0.5, 0.6) is 5.75 Å². The molecule has 2 aromatic rings. The average Bonchev–Trinajstić information content (AvgIpc) is 2.41. The Morgan fingerprint density at radius 2 is 2.05 bits per heavy atom. The van der Waals surface area contributed by atoms with Gasteiger partial charge in [0.25, 0.3) is 0 Å². The van der Waals surface area contributed by atoms with Gasteiger partial charge >= 0.3 is 0 Å². The Bertz CT molecular complexity index is 621. The van der Waals surface area contributed by atoms with Gasteiger partial charge in [0.15, 0.2) is 0 Å². The van der Waals surface area contributed by atoms with Crippen molar-refractivity contribution < 1.29 is 9.13 Å². The molecule has 2 nitrogen and oxygen atoms in total. The minimum atomic E-state index is -0.472. The highest BCUT2D eigenvalue weighted by Gasteiger charge is 2.15. The molecule has 0 aliphatic carbocycles. The summed E-state index contributed by atoms with van der Waals surface area (Å²) in [6.07, 6.45) is 0.442. The summed E-state index contributed by atoms with van der Waals surface area (Å²) >= 11 is 9.30. The quantitative estimate of drug-likeness (QED) is 0.874. The molecular weight excluding hydrogens is 345 g/mol. The first-order valence-corrected chi connectivity index (χ1v) is 7.21. The van der Waals surface area contributed by atoms with Crippen LogP contribution in [0.15, 0.2) is 40.9 Å². The fourth-order valence-electron chi connectivity index (χ4n) is 2.05. The van der Waals surface area contributed by atoms with E-state index in [1.54, 1.807) is 37.4 Å². The predicted octanol–water partition coefficient (Wildman–Crippen LogP) is 4.49. The second-order valence-electron chi connectivity index (χ2n) is 4.43. The SMILES string of the molecule is COc1ccc(Cl)cc1CC(N)c1cc(Br)ccc1F. The Morgan fingerprint density at radius 3 is 2.75 bits per heavy atom. The third-order valence-electron chi connectivity index (χ3n) is 3.04. The van der Waals surface area contributed by atoms with Crippen molar-refractivity contribution in [1.29, 1.82) is 0 Å². The van der Waals surface area contributed by atoms with Crippen LogP contribution in [-0.4, -0.2) is 7.11 Å². The highest BCUT2D eigenvalue weighted by Crippen LogP contribution is 2.28. The van der Waals surface area contributed by atoms with E-state index in [-0.39, 0.29) is 5.82 Å². The van der Waals surface area contributed by atoms with Crippen LogP contribution in [-0.2, 0) is 6.42 Å². The second-order valence-corrected chi connectivity index (χ2v) is 5.78. The smallest absolute Gasteiger partial charge is 0.128 e. The van der Waals surface area contributed by atoms with Gasteiger partial charge in [-0.15, -0.1) is 0 Å². The molecule has 0 aliphatic rings. The zero-order chi connectivity index (χ0) is 14.7. The van der Waals surface area contributed by atoms with Crippen LogP contribution >= 0.6 is 27.5 Å². The molecule has 0 amide bonds. The summed E-state index contributed by atoms with van der Waals surface area (Å²) < 4.78 is 19.9. The van der Waals surface area contributed by atoms with E-state index in [0.29, 0.717) is 22.8 Å². The van der Waals surface area contributed by atoms with Crippen LogP contribution in [0.25, 0.3) is 0 Å². The van der Waals surface area contributed by atoms with Crippen LogP contribution in [0.2, 0.25) is 5.02 Å². The van der Waals surface area contributed by atoms with Crippen molar-refractivity contribution in [3.05, 3.63) is 62.8 Å². The van der Waals surface area contributed by atoms with Crippen LogP contribution in [0.1, 0.15) is 17.2 Å². The summed E-state index contributed by atoms with van der Waals surface area (Å²) in [5, 5.41) is 0.600. The molecule has 0 heterocycles. The minimum Gasteiger partial charge on any atom is -0.496 e. The Hall–Kier alpha value is -1.10. The molecule has 2 N–H and O–H groups in total. The first kappa shape index (κ1) is 15.3. The van der Waals surface area contributed by atoms with Crippen molar-refractivity contribution in [2.75, 3.05) is 7.11 Å². The molecule has 0 saturated carbocycles. The number of nitrogens with two attached hydrogens (primary N) is 1. The first-order chi connectivity index (χ1) is 9.51. The van der Waals surface area contributed by atoms with Gasteiger partial charge in [-0.1, -0.05) is 27.5 Å². The normalized spacial score (nSPS) is 12.2. The Balaban J connectivity index is 2.29. The summed E-state index contributed by atoms with van der Waals surface area (Å²) in [4.78, 5) is 0. The predicted molar refractivity (Wildman–Crippen MR) is 82.7 cm³/mol. The standard InChI is InChI=1S/C15H14BrClFNO/c1-20-15-5-3-11(17)6-9(15)7-14(19)12-8-10(16)2-4-13(12)18/h2-6,8,14H,7,19H2,1H3. The van der Waals surface area contributed by atoms with Crippen molar-refractivity contribution in [2.45, 2.75) is 12.5 Å². The van der Waals surface area contributed by atoms with Crippen LogP contribution in [0.3, 0.4) is 0 Å². The molecule has 0 fully saturated rings. The third kappa shape index (κ3) is 3.51. The fraction of sp³-hybridized carbons (Fsp3) is 0.200. The lowest BCUT2D eigenvalue weighted by atomic mass is 9.98. The van der Waals surface area contributed by atoms with Crippen molar-refractivity contribution in [3.8, 4) is 5.75 Å². The van der Waals surface area contributed by atoms with Crippen LogP contribution in [0, 0.1) is 5.82 Å². The summed E-state index contributed by atoms with van der Waals surface area (Å²) in [5.74, 6) is 0.377. The van der Waals surface area contributed by atoms with E-state index in [2.05, 4.69) is 15.9 Å². The van der Waals surface area contributed by atoms with Crippen LogP contribution in [0.4, 0.5) is 4.39 Å². The van der Waals surface area contributed by atoms with Gasteiger partial charge in [-0.2, -0.15) is 0 Å². The van der Waals surface area contributed by atoms with Gasteiger partial charge in [0.2, 0.25) is 0 Å². The summed E-state index contributed by atoms with van der Waals surface area (Å²) in [5.41, 5.74) is 7.42. The summed E-state index contributed by atoms with van der Waals surface area (Å²) in [6, 6.07) is 9.57. The summed E-state index contributed by atoms with van der Waals surface area (Å²) in [6.45, 7) is 0. The molecule has 5 heteroatoms. The number of halogens is 3. The Morgan fingerprint density at radius 1 is 1.30 bits per heavy atom. The second kappa shape index (κ2) is 6.57. The van der Waals surface area contributed by atoms with E-state index in [0.717, 1.165) is 10.0 Å². The molecule has 0 aromatic heterocycles. The third-order valence-corrected chi connectivity index (χ3v) is 3.77. The molecule has 1 atom stereocenters. The van der Waals surface area contributed by atoms with E-state index in [9.17, 15) is 4.39 Å². The number of rotatable bonds is 4. The van der Waals surface area contributed by atoms with Gasteiger partial charge in [-0.25, -0.2) is 4.39 Å². The Kier molecular flexibility index (Phi) is 5.02. The van der Waals surface area contributed by atoms with Gasteiger partial charge in [0.1, 0.15) is 11.6 Å². The molecule has 20 heavy (non-hydrogen) atoms. The van der Waals surface area contributed by atoms with Crippen LogP contribution < -0.4 is 10.5 Å². The zero-order valence-corrected chi connectivity index (χ0v) is 13.2.